The van der Waals surface area contributed by atoms with Crippen molar-refractivity contribution in [3.63, 3.8) is 0 Å². The van der Waals surface area contributed by atoms with Gasteiger partial charge in [0, 0.05) is 95.2 Å². The summed E-state index contributed by atoms with van der Waals surface area (Å²) in [6, 6.07) is 4.28. The van der Waals surface area contributed by atoms with Crippen LogP contribution in [0.15, 0.2) is 0 Å². The lowest BCUT2D eigenvalue weighted by Crippen LogP contribution is -2.56. The van der Waals surface area contributed by atoms with Crippen molar-refractivity contribution in [2.75, 3.05) is 80.0 Å². The van der Waals surface area contributed by atoms with E-state index in [1.807, 2.05) is 0 Å². The maximum absolute atomic E-state index is 2.56. The standard InChI is InChI=1S/C10H22N2.C9H20N2.C8H18N2/c1-8(2)12-6-9(3)11(5)10(4)7-12;1-8(2)11-6-5-10(4)9(3)7-11;1-8(2)10-6-4-9(3)5-7-10/h8-10H,6-7H2,1-5H3;8-9H,5-7H2,1-4H3;8H,4-7H2,1-3H3/t9-,10+;9-;/m.0./s1. The summed E-state index contributed by atoms with van der Waals surface area (Å²) in [5.74, 6) is 0. The van der Waals surface area contributed by atoms with Crippen LogP contribution in [0.3, 0.4) is 0 Å². The highest BCUT2D eigenvalue weighted by Gasteiger charge is 2.27. The predicted molar refractivity (Wildman–Crippen MR) is 146 cm³/mol. The van der Waals surface area contributed by atoms with Gasteiger partial charge in [-0.3, -0.25) is 19.6 Å². The molecule has 3 saturated heterocycles. The number of nitrogens with zero attached hydrogens (tertiary/aromatic N) is 6. The lowest BCUT2D eigenvalue weighted by Gasteiger charge is -2.44. The lowest BCUT2D eigenvalue weighted by molar-refractivity contribution is 0.0425. The molecule has 0 aliphatic carbocycles. The molecule has 0 aromatic carbocycles. The summed E-state index contributed by atoms with van der Waals surface area (Å²) in [7, 11) is 6.63. The quantitative estimate of drug-likeness (QED) is 0.629. The zero-order valence-electron chi connectivity index (χ0n) is 24.5. The molecule has 3 rings (SSSR count). The topological polar surface area (TPSA) is 19.4 Å². The van der Waals surface area contributed by atoms with Crippen molar-refractivity contribution in [1.29, 1.82) is 0 Å². The van der Waals surface area contributed by atoms with Gasteiger partial charge in [0.05, 0.1) is 0 Å². The van der Waals surface area contributed by atoms with E-state index in [4.69, 9.17) is 0 Å². The molecule has 6 heteroatoms. The fourth-order valence-electron chi connectivity index (χ4n) is 4.75. The van der Waals surface area contributed by atoms with E-state index >= 15 is 0 Å². The molecule has 198 valence electrons. The summed E-state index contributed by atoms with van der Waals surface area (Å²) in [6.45, 7) is 31.7. The molecule has 3 fully saturated rings. The van der Waals surface area contributed by atoms with Gasteiger partial charge in [-0.2, -0.15) is 0 Å². The molecule has 6 nitrogen and oxygen atoms in total. The van der Waals surface area contributed by atoms with Crippen LogP contribution in [0.1, 0.15) is 62.3 Å². The van der Waals surface area contributed by atoms with Crippen LogP contribution in [0.25, 0.3) is 0 Å². The van der Waals surface area contributed by atoms with E-state index in [2.05, 4.69) is 113 Å². The third kappa shape index (κ3) is 10.9. The van der Waals surface area contributed by atoms with Crippen molar-refractivity contribution in [3.05, 3.63) is 0 Å². The van der Waals surface area contributed by atoms with Gasteiger partial charge in [0.2, 0.25) is 0 Å². The first-order chi connectivity index (χ1) is 15.3. The number of likely N-dealkylation sites (N-methyl/N-ethyl adjacent to an activating group) is 3. The molecule has 0 amide bonds. The highest BCUT2D eigenvalue weighted by Crippen LogP contribution is 2.15. The van der Waals surface area contributed by atoms with Gasteiger partial charge in [-0.15, -0.1) is 0 Å². The van der Waals surface area contributed by atoms with Gasteiger partial charge in [-0.1, -0.05) is 0 Å². The second kappa shape index (κ2) is 15.0. The second-order valence-electron chi connectivity index (χ2n) is 11.8. The smallest absolute Gasteiger partial charge is 0.0195 e. The average molecular weight is 469 g/mol. The molecule has 3 atom stereocenters. The van der Waals surface area contributed by atoms with Crippen molar-refractivity contribution in [2.45, 2.75) is 98.6 Å². The van der Waals surface area contributed by atoms with Gasteiger partial charge in [-0.05, 0) is 83.5 Å². The third-order valence-electron chi connectivity index (χ3n) is 8.11. The van der Waals surface area contributed by atoms with Gasteiger partial charge in [-0.25, -0.2) is 0 Å². The Morgan fingerprint density at radius 1 is 0.485 bits per heavy atom. The minimum absolute atomic E-state index is 0.698. The van der Waals surface area contributed by atoms with E-state index in [9.17, 15) is 0 Å². The van der Waals surface area contributed by atoms with Crippen molar-refractivity contribution in [3.8, 4) is 0 Å². The van der Waals surface area contributed by atoms with Crippen LogP contribution in [0.4, 0.5) is 0 Å². The Bertz CT molecular complexity index is 491. The first kappa shape index (κ1) is 30.8. The molecule has 3 heterocycles. The summed E-state index contributed by atoms with van der Waals surface area (Å²) >= 11 is 0. The van der Waals surface area contributed by atoms with E-state index in [1.165, 1.54) is 58.9 Å². The van der Waals surface area contributed by atoms with E-state index in [0.29, 0.717) is 24.2 Å². The van der Waals surface area contributed by atoms with Gasteiger partial charge >= 0.3 is 0 Å². The molecule has 0 bridgehead atoms. The Balaban J connectivity index is 0.000000249. The molecular weight excluding hydrogens is 408 g/mol. The van der Waals surface area contributed by atoms with Gasteiger partial charge in [0.15, 0.2) is 0 Å². The van der Waals surface area contributed by atoms with E-state index < -0.39 is 0 Å². The van der Waals surface area contributed by atoms with Crippen LogP contribution >= 0.6 is 0 Å². The molecule has 0 saturated carbocycles. The van der Waals surface area contributed by atoms with Crippen molar-refractivity contribution >= 4 is 0 Å². The lowest BCUT2D eigenvalue weighted by atomic mass is 10.1. The molecule has 0 aromatic rings. The van der Waals surface area contributed by atoms with Gasteiger partial charge in [0.25, 0.3) is 0 Å². The SMILES string of the molecule is CC(C)N1CCN(C)CC1.CC(C)N1CCN(C)[C@@H](C)C1.CC(C)N1C[C@@H](C)N(C)[C@@H](C)C1. The normalized spacial score (nSPS) is 29.7. The molecular formula is C27H60N6. The Morgan fingerprint density at radius 3 is 1.27 bits per heavy atom. The highest BCUT2D eigenvalue weighted by molar-refractivity contribution is 4.84. The molecule has 33 heavy (non-hydrogen) atoms. The summed E-state index contributed by atoms with van der Waals surface area (Å²) < 4.78 is 0. The minimum atomic E-state index is 0.698. The van der Waals surface area contributed by atoms with Crippen LogP contribution in [0, 0.1) is 0 Å². The maximum atomic E-state index is 2.56. The van der Waals surface area contributed by atoms with Crippen LogP contribution in [-0.2, 0) is 0 Å². The first-order valence-electron chi connectivity index (χ1n) is 13.7. The second-order valence-corrected chi connectivity index (χ2v) is 11.8. The summed E-state index contributed by atoms with van der Waals surface area (Å²) in [4.78, 5) is 14.9. The molecule has 0 radical (unpaired) electrons. The first-order valence-corrected chi connectivity index (χ1v) is 13.7. The van der Waals surface area contributed by atoms with Crippen molar-refractivity contribution in [2.24, 2.45) is 0 Å². The van der Waals surface area contributed by atoms with Gasteiger partial charge in [0.1, 0.15) is 0 Å². The predicted octanol–water partition coefficient (Wildman–Crippen LogP) is 3.09. The molecule has 0 N–H and O–H groups in total. The summed E-state index contributed by atoms with van der Waals surface area (Å²) in [5.41, 5.74) is 0. The molecule has 3 aliphatic heterocycles. The van der Waals surface area contributed by atoms with Crippen LogP contribution in [0.5, 0.6) is 0 Å². The Labute approximate surface area is 208 Å². The van der Waals surface area contributed by atoms with E-state index in [0.717, 1.165) is 12.1 Å². The maximum Gasteiger partial charge on any atom is 0.0195 e. The fourth-order valence-corrected chi connectivity index (χ4v) is 4.75. The number of piperazine rings is 3. The Morgan fingerprint density at radius 2 is 0.879 bits per heavy atom. The minimum Gasteiger partial charge on any atom is -0.304 e. The van der Waals surface area contributed by atoms with Crippen molar-refractivity contribution in [1.82, 2.24) is 29.4 Å². The summed E-state index contributed by atoms with van der Waals surface area (Å²) in [5, 5.41) is 0. The third-order valence-corrected chi connectivity index (χ3v) is 8.11. The van der Waals surface area contributed by atoms with Gasteiger partial charge < -0.3 is 9.80 Å². The zero-order chi connectivity index (χ0) is 25.3. The average Bonchev–Trinajstić information content (AvgIpc) is 2.74. The monoisotopic (exact) mass is 468 g/mol. The van der Waals surface area contributed by atoms with Crippen LogP contribution < -0.4 is 0 Å². The zero-order valence-corrected chi connectivity index (χ0v) is 24.5. The van der Waals surface area contributed by atoms with Crippen LogP contribution in [0.2, 0.25) is 0 Å². The largest absolute Gasteiger partial charge is 0.304 e. The van der Waals surface area contributed by atoms with Crippen molar-refractivity contribution < 1.29 is 0 Å². The number of hydrogen-bond acceptors (Lipinski definition) is 6. The summed E-state index contributed by atoms with van der Waals surface area (Å²) in [6.07, 6.45) is 0. The van der Waals surface area contributed by atoms with Crippen LogP contribution in [-0.4, -0.2) is 146 Å². The Kier molecular flexibility index (Phi) is 14.0. The molecule has 0 unspecified atom stereocenters. The molecule has 0 aromatic heterocycles. The Hall–Kier alpha value is -0.240. The number of hydrogen-bond donors (Lipinski definition) is 0. The van der Waals surface area contributed by atoms with E-state index in [-0.39, 0.29) is 0 Å². The molecule has 3 aliphatic rings. The highest BCUT2D eigenvalue weighted by atomic mass is 15.3. The van der Waals surface area contributed by atoms with E-state index in [1.54, 1.807) is 0 Å². The molecule has 0 spiro atoms. The fraction of sp³-hybridized carbons (Fsp3) is 1.00. The number of rotatable bonds is 3.